The van der Waals surface area contributed by atoms with Crippen molar-refractivity contribution in [3.63, 3.8) is 0 Å². The third-order valence-corrected chi connectivity index (χ3v) is 3.01. The third kappa shape index (κ3) is 2.85. The van der Waals surface area contributed by atoms with E-state index in [0.29, 0.717) is 12.0 Å². The Morgan fingerprint density at radius 3 is 2.44 bits per heavy atom. The van der Waals surface area contributed by atoms with Crippen molar-refractivity contribution in [2.75, 3.05) is 13.1 Å². The molecule has 1 aliphatic heterocycles. The van der Waals surface area contributed by atoms with Crippen LogP contribution in [0.5, 0.6) is 5.75 Å². The topological polar surface area (TPSA) is 46.6 Å². The number of likely N-dealkylation sites (tertiary alicyclic amines) is 1. The minimum atomic E-state index is -1.79. The van der Waals surface area contributed by atoms with Crippen molar-refractivity contribution in [2.24, 2.45) is 0 Å². The number of rotatable bonds is 2. The first-order chi connectivity index (χ1) is 8.63. The van der Waals surface area contributed by atoms with E-state index in [1.165, 1.54) is 4.90 Å². The second kappa shape index (κ2) is 5.16. The maximum atomic E-state index is 13.6. The monoisotopic (exact) mass is 251 g/mol. The second-order valence-corrected chi connectivity index (χ2v) is 4.32. The van der Waals surface area contributed by atoms with E-state index in [2.05, 4.69) is 0 Å². The van der Waals surface area contributed by atoms with Gasteiger partial charge in [-0.1, -0.05) is 18.2 Å². The molecule has 4 nitrogen and oxygen atoms in total. The highest BCUT2D eigenvalue weighted by Crippen LogP contribution is 2.24. The van der Waals surface area contributed by atoms with E-state index < -0.39 is 11.8 Å². The fourth-order valence-electron chi connectivity index (χ4n) is 1.83. The Balaban J connectivity index is 1.90. The van der Waals surface area contributed by atoms with Crippen LogP contribution in [0.15, 0.2) is 30.3 Å². The van der Waals surface area contributed by atoms with Gasteiger partial charge in [-0.15, -0.1) is 0 Å². The SMILES string of the molecule is O=CC1(F)CCN(C(=O)Oc2ccccc2)CC1. The van der Waals surface area contributed by atoms with Crippen LogP contribution in [0.4, 0.5) is 9.18 Å². The van der Waals surface area contributed by atoms with Gasteiger partial charge in [-0.05, 0) is 12.1 Å². The molecule has 1 aliphatic rings. The zero-order chi connectivity index (χ0) is 13.0. The van der Waals surface area contributed by atoms with Crippen LogP contribution in [0.3, 0.4) is 0 Å². The first-order valence-electron chi connectivity index (χ1n) is 5.80. The molecule has 1 heterocycles. The highest BCUT2D eigenvalue weighted by atomic mass is 19.1. The van der Waals surface area contributed by atoms with E-state index in [0.717, 1.165) is 0 Å². The number of para-hydroxylation sites is 1. The molecule has 1 saturated heterocycles. The van der Waals surface area contributed by atoms with Crippen LogP contribution >= 0.6 is 0 Å². The summed E-state index contributed by atoms with van der Waals surface area (Å²) in [5, 5.41) is 0. The van der Waals surface area contributed by atoms with Gasteiger partial charge in [0, 0.05) is 25.9 Å². The fourth-order valence-corrected chi connectivity index (χ4v) is 1.83. The number of hydrogen-bond donors (Lipinski definition) is 0. The number of hydrogen-bond acceptors (Lipinski definition) is 3. The molecule has 2 rings (SSSR count). The van der Waals surface area contributed by atoms with Gasteiger partial charge in [-0.25, -0.2) is 9.18 Å². The fraction of sp³-hybridized carbons (Fsp3) is 0.385. The van der Waals surface area contributed by atoms with Crippen LogP contribution in [0.2, 0.25) is 0 Å². The summed E-state index contributed by atoms with van der Waals surface area (Å²) in [4.78, 5) is 23.7. The number of carbonyl (C=O) groups is 2. The van der Waals surface area contributed by atoms with Crippen LogP contribution in [0.25, 0.3) is 0 Å². The number of piperidine rings is 1. The standard InChI is InChI=1S/C13H14FNO3/c14-13(10-16)6-8-15(9-7-13)12(17)18-11-4-2-1-3-5-11/h1-5,10H,6-9H2. The Labute approximate surface area is 104 Å². The van der Waals surface area contributed by atoms with Crippen LogP contribution in [0.1, 0.15) is 12.8 Å². The van der Waals surface area contributed by atoms with E-state index >= 15 is 0 Å². The van der Waals surface area contributed by atoms with Gasteiger partial charge in [-0.2, -0.15) is 0 Å². The third-order valence-electron chi connectivity index (χ3n) is 3.01. The normalized spacial score (nSPS) is 18.2. The molecule has 0 N–H and O–H groups in total. The first-order valence-corrected chi connectivity index (χ1v) is 5.80. The lowest BCUT2D eigenvalue weighted by Crippen LogP contribution is -2.46. The molecule has 1 aromatic carbocycles. The molecule has 0 radical (unpaired) electrons. The van der Waals surface area contributed by atoms with Crippen molar-refractivity contribution < 1.29 is 18.7 Å². The number of alkyl halides is 1. The van der Waals surface area contributed by atoms with Gasteiger partial charge in [0.1, 0.15) is 5.75 Å². The molecule has 1 aromatic rings. The van der Waals surface area contributed by atoms with Gasteiger partial charge in [0.2, 0.25) is 0 Å². The van der Waals surface area contributed by atoms with Crippen molar-refractivity contribution in [3.8, 4) is 5.75 Å². The predicted molar refractivity (Wildman–Crippen MR) is 63.2 cm³/mol. The van der Waals surface area contributed by atoms with Crippen molar-refractivity contribution in [1.29, 1.82) is 0 Å². The van der Waals surface area contributed by atoms with Crippen molar-refractivity contribution in [3.05, 3.63) is 30.3 Å². The Kier molecular flexibility index (Phi) is 3.60. The molecule has 0 atom stereocenters. The van der Waals surface area contributed by atoms with Crippen LogP contribution in [-0.2, 0) is 4.79 Å². The molecule has 0 saturated carbocycles. The van der Waals surface area contributed by atoms with Gasteiger partial charge in [0.25, 0.3) is 0 Å². The van der Waals surface area contributed by atoms with E-state index in [9.17, 15) is 14.0 Å². The van der Waals surface area contributed by atoms with E-state index in [4.69, 9.17) is 4.74 Å². The van der Waals surface area contributed by atoms with Crippen molar-refractivity contribution in [1.82, 2.24) is 4.90 Å². The maximum Gasteiger partial charge on any atom is 0.415 e. The molecule has 18 heavy (non-hydrogen) atoms. The lowest BCUT2D eigenvalue weighted by atomic mass is 9.95. The van der Waals surface area contributed by atoms with E-state index in [-0.39, 0.29) is 25.9 Å². The number of nitrogens with zero attached hydrogens (tertiary/aromatic N) is 1. The molecule has 5 heteroatoms. The van der Waals surface area contributed by atoms with Crippen LogP contribution in [0, 0.1) is 0 Å². The highest BCUT2D eigenvalue weighted by Gasteiger charge is 2.36. The summed E-state index contributed by atoms with van der Waals surface area (Å²) < 4.78 is 18.8. The average molecular weight is 251 g/mol. The summed E-state index contributed by atoms with van der Waals surface area (Å²) in [6.45, 7) is 0.391. The zero-order valence-corrected chi connectivity index (χ0v) is 9.84. The van der Waals surface area contributed by atoms with Gasteiger partial charge in [0.15, 0.2) is 12.0 Å². The maximum absolute atomic E-state index is 13.6. The number of benzene rings is 1. The number of ether oxygens (including phenoxy) is 1. The molecule has 0 aliphatic carbocycles. The summed E-state index contributed by atoms with van der Waals surface area (Å²) in [6.07, 6.45) is -0.123. The zero-order valence-electron chi connectivity index (χ0n) is 9.84. The van der Waals surface area contributed by atoms with E-state index in [1.807, 2.05) is 6.07 Å². The Morgan fingerprint density at radius 2 is 1.89 bits per heavy atom. The lowest BCUT2D eigenvalue weighted by molar-refractivity contribution is -0.120. The number of amides is 1. The summed E-state index contributed by atoms with van der Waals surface area (Å²) in [5.41, 5.74) is -1.79. The quantitative estimate of drug-likeness (QED) is 0.757. The lowest BCUT2D eigenvalue weighted by Gasteiger charge is -2.32. The summed E-state index contributed by atoms with van der Waals surface area (Å²) in [7, 11) is 0. The van der Waals surface area contributed by atoms with Gasteiger partial charge in [0.05, 0.1) is 0 Å². The number of aldehydes is 1. The molecule has 1 amide bonds. The minimum Gasteiger partial charge on any atom is -0.410 e. The number of carbonyl (C=O) groups excluding carboxylic acids is 2. The van der Waals surface area contributed by atoms with Crippen molar-refractivity contribution in [2.45, 2.75) is 18.5 Å². The Bertz CT molecular complexity index is 427. The van der Waals surface area contributed by atoms with Crippen LogP contribution in [-0.4, -0.2) is 36.0 Å². The Hall–Kier alpha value is -1.91. The molecular weight excluding hydrogens is 237 g/mol. The first kappa shape index (κ1) is 12.5. The predicted octanol–water partition coefficient (Wildman–Crippen LogP) is 2.19. The molecule has 96 valence electrons. The van der Waals surface area contributed by atoms with Crippen molar-refractivity contribution >= 4 is 12.4 Å². The molecule has 0 bridgehead atoms. The summed E-state index contributed by atoms with van der Waals surface area (Å²) >= 11 is 0. The van der Waals surface area contributed by atoms with Gasteiger partial charge < -0.3 is 9.64 Å². The minimum absolute atomic E-state index is 0.0282. The number of halogens is 1. The molecule has 0 aromatic heterocycles. The molecule has 1 fully saturated rings. The highest BCUT2D eigenvalue weighted by molar-refractivity contribution is 5.71. The molecule has 0 spiro atoms. The average Bonchev–Trinajstić information content (AvgIpc) is 2.40. The van der Waals surface area contributed by atoms with E-state index in [1.54, 1.807) is 24.3 Å². The second-order valence-electron chi connectivity index (χ2n) is 4.32. The molecule has 0 unspecified atom stereocenters. The van der Waals surface area contributed by atoms with Gasteiger partial charge in [-0.3, -0.25) is 4.79 Å². The largest absolute Gasteiger partial charge is 0.415 e. The summed E-state index contributed by atoms with van der Waals surface area (Å²) in [5.74, 6) is 0.454. The van der Waals surface area contributed by atoms with Gasteiger partial charge >= 0.3 is 6.09 Å². The smallest absolute Gasteiger partial charge is 0.410 e. The van der Waals surface area contributed by atoms with Crippen LogP contribution < -0.4 is 4.74 Å². The Morgan fingerprint density at radius 1 is 1.28 bits per heavy atom. The summed E-state index contributed by atoms with van der Waals surface area (Å²) in [6, 6.07) is 8.69. The molecular formula is C13H14FNO3.